The highest BCUT2D eigenvalue weighted by Crippen LogP contribution is 2.22. The van der Waals surface area contributed by atoms with Gasteiger partial charge in [0.25, 0.3) is 5.91 Å². The first-order valence-corrected chi connectivity index (χ1v) is 6.02. The van der Waals surface area contributed by atoms with Crippen LogP contribution in [-0.2, 0) is 0 Å². The molecule has 1 atom stereocenters. The SMILES string of the molecule is CC(NC(=O)c1ccccn1)c1ccccc1Cl. The molecule has 0 saturated carbocycles. The molecule has 3 nitrogen and oxygen atoms in total. The number of nitrogens with zero attached hydrogens (tertiary/aromatic N) is 1. The van der Waals surface area contributed by atoms with Crippen molar-refractivity contribution in [2.75, 3.05) is 0 Å². The largest absolute Gasteiger partial charge is 0.344 e. The van der Waals surface area contributed by atoms with E-state index in [1.165, 1.54) is 0 Å². The first-order valence-electron chi connectivity index (χ1n) is 5.65. The summed E-state index contributed by atoms with van der Waals surface area (Å²) in [5.74, 6) is -0.206. The van der Waals surface area contributed by atoms with E-state index >= 15 is 0 Å². The second-order valence-electron chi connectivity index (χ2n) is 3.93. The second kappa shape index (κ2) is 5.65. The molecule has 2 rings (SSSR count). The summed E-state index contributed by atoms with van der Waals surface area (Å²) in [6.45, 7) is 1.89. The summed E-state index contributed by atoms with van der Waals surface area (Å²) in [5, 5.41) is 3.51. The summed E-state index contributed by atoms with van der Waals surface area (Å²) in [5.41, 5.74) is 1.29. The molecule has 0 aliphatic rings. The average Bonchev–Trinajstić information content (AvgIpc) is 2.40. The number of carbonyl (C=O) groups is 1. The van der Waals surface area contributed by atoms with Gasteiger partial charge in [-0.1, -0.05) is 35.9 Å². The highest BCUT2D eigenvalue weighted by Gasteiger charge is 2.13. The Bertz CT molecular complexity index is 543. The Hall–Kier alpha value is -1.87. The maximum Gasteiger partial charge on any atom is 0.270 e. The van der Waals surface area contributed by atoms with Crippen molar-refractivity contribution in [2.45, 2.75) is 13.0 Å². The highest BCUT2D eigenvalue weighted by atomic mass is 35.5. The quantitative estimate of drug-likeness (QED) is 0.921. The van der Waals surface area contributed by atoms with Gasteiger partial charge in [-0.2, -0.15) is 0 Å². The predicted molar refractivity (Wildman–Crippen MR) is 71.6 cm³/mol. The lowest BCUT2D eigenvalue weighted by Gasteiger charge is -2.15. The molecule has 4 heteroatoms. The van der Waals surface area contributed by atoms with Gasteiger partial charge in [0.15, 0.2) is 0 Å². The summed E-state index contributed by atoms with van der Waals surface area (Å²) < 4.78 is 0. The Balaban J connectivity index is 2.11. The van der Waals surface area contributed by atoms with Crippen LogP contribution in [0, 0.1) is 0 Å². The zero-order valence-electron chi connectivity index (χ0n) is 9.93. The molecular formula is C14H13ClN2O. The van der Waals surface area contributed by atoms with Gasteiger partial charge in [-0.05, 0) is 30.7 Å². The minimum Gasteiger partial charge on any atom is -0.344 e. The monoisotopic (exact) mass is 260 g/mol. The number of pyridine rings is 1. The fourth-order valence-corrected chi connectivity index (χ4v) is 1.97. The van der Waals surface area contributed by atoms with Crippen molar-refractivity contribution in [3.05, 3.63) is 64.9 Å². The highest BCUT2D eigenvalue weighted by molar-refractivity contribution is 6.31. The summed E-state index contributed by atoms with van der Waals surface area (Å²) in [6, 6.07) is 12.5. The van der Waals surface area contributed by atoms with Crippen LogP contribution in [0.1, 0.15) is 29.0 Å². The predicted octanol–water partition coefficient (Wildman–Crippen LogP) is 3.23. The van der Waals surface area contributed by atoms with E-state index in [1.807, 2.05) is 25.1 Å². The Kier molecular flexibility index (Phi) is 3.95. The van der Waals surface area contributed by atoms with E-state index < -0.39 is 0 Å². The van der Waals surface area contributed by atoms with Crippen LogP contribution in [0.2, 0.25) is 5.02 Å². The number of rotatable bonds is 3. The molecule has 1 amide bonds. The lowest BCUT2D eigenvalue weighted by Crippen LogP contribution is -2.27. The first-order chi connectivity index (χ1) is 8.68. The average molecular weight is 261 g/mol. The summed E-state index contributed by atoms with van der Waals surface area (Å²) in [6.07, 6.45) is 1.59. The number of hydrogen-bond donors (Lipinski definition) is 1. The normalized spacial score (nSPS) is 11.9. The van der Waals surface area contributed by atoms with E-state index in [1.54, 1.807) is 30.5 Å². The summed E-state index contributed by atoms with van der Waals surface area (Å²) in [4.78, 5) is 15.9. The van der Waals surface area contributed by atoms with Crippen LogP contribution < -0.4 is 5.32 Å². The molecule has 92 valence electrons. The molecule has 1 N–H and O–H groups in total. The molecule has 0 saturated heterocycles. The standard InChI is InChI=1S/C14H13ClN2O/c1-10(11-6-2-3-7-12(11)15)17-14(18)13-8-4-5-9-16-13/h2-10H,1H3,(H,17,18). The third-order valence-electron chi connectivity index (χ3n) is 2.62. The van der Waals surface area contributed by atoms with Crippen molar-refractivity contribution >= 4 is 17.5 Å². The number of halogens is 1. The van der Waals surface area contributed by atoms with Gasteiger partial charge in [0.2, 0.25) is 0 Å². The molecule has 1 aromatic heterocycles. The molecule has 1 aromatic carbocycles. The smallest absolute Gasteiger partial charge is 0.270 e. The zero-order valence-corrected chi connectivity index (χ0v) is 10.7. The van der Waals surface area contributed by atoms with E-state index in [9.17, 15) is 4.79 Å². The maximum atomic E-state index is 11.9. The van der Waals surface area contributed by atoms with Crippen LogP contribution in [0.25, 0.3) is 0 Å². The third-order valence-corrected chi connectivity index (χ3v) is 2.96. The molecule has 0 fully saturated rings. The molecule has 0 spiro atoms. The van der Waals surface area contributed by atoms with Gasteiger partial charge < -0.3 is 5.32 Å². The van der Waals surface area contributed by atoms with E-state index in [0.717, 1.165) is 5.56 Å². The topological polar surface area (TPSA) is 42.0 Å². The van der Waals surface area contributed by atoms with E-state index in [-0.39, 0.29) is 11.9 Å². The van der Waals surface area contributed by atoms with E-state index in [2.05, 4.69) is 10.3 Å². The van der Waals surface area contributed by atoms with Crippen molar-refractivity contribution in [2.24, 2.45) is 0 Å². The Morgan fingerprint density at radius 1 is 1.22 bits per heavy atom. The molecule has 0 bridgehead atoms. The Morgan fingerprint density at radius 3 is 2.61 bits per heavy atom. The number of benzene rings is 1. The Morgan fingerprint density at radius 2 is 1.94 bits per heavy atom. The van der Waals surface area contributed by atoms with E-state index in [0.29, 0.717) is 10.7 Å². The van der Waals surface area contributed by atoms with Crippen molar-refractivity contribution in [3.63, 3.8) is 0 Å². The summed E-state index contributed by atoms with van der Waals surface area (Å²) in [7, 11) is 0. The molecule has 1 heterocycles. The van der Waals surface area contributed by atoms with Gasteiger partial charge in [-0.3, -0.25) is 9.78 Å². The number of amides is 1. The number of carbonyl (C=O) groups excluding carboxylic acids is 1. The van der Waals surface area contributed by atoms with Gasteiger partial charge >= 0.3 is 0 Å². The van der Waals surface area contributed by atoms with Gasteiger partial charge in [-0.15, -0.1) is 0 Å². The summed E-state index contributed by atoms with van der Waals surface area (Å²) >= 11 is 6.08. The van der Waals surface area contributed by atoms with Crippen molar-refractivity contribution in [3.8, 4) is 0 Å². The van der Waals surface area contributed by atoms with Crippen LogP contribution in [0.15, 0.2) is 48.7 Å². The van der Waals surface area contributed by atoms with Crippen LogP contribution in [0.3, 0.4) is 0 Å². The Labute approximate surface area is 111 Å². The second-order valence-corrected chi connectivity index (χ2v) is 4.34. The van der Waals surface area contributed by atoms with Gasteiger partial charge in [0.05, 0.1) is 6.04 Å². The molecule has 0 radical (unpaired) electrons. The molecular weight excluding hydrogens is 248 g/mol. The van der Waals surface area contributed by atoms with Crippen molar-refractivity contribution in [1.29, 1.82) is 0 Å². The van der Waals surface area contributed by atoms with Crippen molar-refractivity contribution < 1.29 is 4.79 Å². The first kappa shape index (κ1) is 12.6. The lowest BCUT2D eigenvalue weighted by atomic mass is 10.1. The number of hydrogen-bond acceptors (Lipinski definition) is 2. The molecule has 1 unspecified atom stereocenters. The van der Waals surface area contributed by atoms with Gasteiger partial charge in [0, 0.05) is 11.2 Å². The minimum absolute atomic E-state index is 0.159. The lowest BCUT2D eigenvalue weighted by molar-refractivity contribution is 0.0935. The van der Waals surface area contributed by atoms with E-state index in [4.69, 9.17) is 11.6 Å². The van der Waals surface area contributed by atoms with Gasteiger partial charge in [-0.25, -0.2) is 0 Å². The third kappa shape index (κ3) is 2.87. The molecule has 0 aliphatic heterocycles. The van der Waals surface area contributed by atoms with Crippen LogP contribution in [0.5, 0.6) is 0 Å². The number of nitrogens with one attached hydrogen (secondary N) is 1. The van der Waals surface area contributed by atoms with Crippen LogP contribution >= 0.6 is 11.6 Å². The zero-order chi connectivity index (χ0) is 13.0. The molecule has 18 heavy (non-hydrogen) atoms. The minimum atomic E-state index is -0.206. The number of aromatic nitrogens is 1. The van der Waals surface area contributed by atoms with Crippen molar-refractivity contribution in [1.82, 2.24) is 10.3 Å². The van der Waals surface area contributed by atoms with Crippen LogP contribution in [-0.4, -0.2) is 10.9 Å². The fourth-order valence-electron chi connectivity index (χ4n) is 1.67. The van der Waals surface area contributed by atoms with Gasteiger partial charge in [0.1, 0.15) is 5.69 Å². The molecule has 2 aromatic rings. The van der Waals surface area contributed by atoms with Crippen LogP contribution in [0.4, 0.5) is 0 Å². The molecule has 0 aliphatic carbocycles. The maximum absolute atomic E-state index is 11.9. The fraction of sp³-hybridized carbons (Fsp3) is 0.143.